The fourth-order valence-corrected chi connectivity index (χ4v) is 1.90. The Morgan fingerprint density at radius 3 is 2.75 bits per heavy atom. The summed E-state index contributed by atoms with van der Waals surface area (Å²) in [5.74, 6) is -0.772. The largest absolute Gasteiger partial charge is 0.504 e. The number of carbonyl (C=O) groups excluding carboxylic acids is 1. The molecule has 4 heteroatoms. The van der Waals surface area contributed by atoms with Crippen molar-refractivity contribution in [3.63, 3.8) is 0 Å². The maximum absolute atomic E-state index is 11.8. The van der Waals surface area contributed by atoms with Gasteiger partial charge in [-0.2, -0.15) is 0 Å². The first-order chi connectivity index (χ1) is 7.66. The minimum absolute atomic E-state index is 0.285. The average Bonchev–Trinajstić information content (AvgIpc) is 2.32. The monoisotopic (exact) mass is 219 g/mol. The third kappa shape index (κ3) is 1.52. The molecule has 0 fully saturated rings. The molecule has 16 heavy (non-hydrogen) atoms. The summed E-state index contributed by atoms with van der Waals surface area (Å²) in [5.41, 5.74) is 1.24. The molecule has 0 aliphatic heterocycles. The molecule has 0 amide bonds. The molecule has 0 aromatic heterocycles. The molecule has 3 N–H and O–H groups in total. The Kier molecular flexibility index (Phi) is 2.77. The van der Waals surface area contributed by atoms with Crippen molar-refractivity contribution in [2.45, 2.75) is 6.10 Å². The number of allylic oxidation sites excluding steroid dienone is 1. The highest BCUT2D eigenvalue weighted by Crippen LogP contribution is 2.32. The molecule has 1 aromatic carbocycles. The summed E-state index contributed by atoms with van der Waals surface area (Å²) in [4.78, 5) is 11.8. The van der Waals surface area contributed by atoms with Gasteiger partial charge in [-0.05, 0) is 12.6 Å². The lowest BCUT2D eigenvalue weighted by molar-refractivity contribution is 0.0943. The van der Waals surface area contributed by atoms with Crippen molar-refractivity contribution >= 4 is 5.78 Å². The molecule has 0 heterocycles. The van der Waals surface area contributed by atoms with Gasteiger partial charge in [0.25, 0.3) is 0 Å². The summed E-state index contributed by atoms with van der Waals surface area (Å²) < 4.78 is 0. The van der Waals surface area contributed by atoms with Gasteiger partial charge in [0, 0.05) is 17.7 Å². The summed E-state index contributed by atoms with van der Waals surface area (Å²) in [7, 11) is 1.69. The normalized spacial score (nSPS) is 19.9. The van der Waals surface area contributed by atoms with E-state index in [0.717, 1.165) is 0 Å². The molecule has 1 unspecified atom stereocenters. The van der Waals surface area contributed by atoms with E-state index in [1.807, 2.05) is 0 Å². The summed E-state index contributed by atoms with van der Waals surface area (Å²) in [5, 5.41) is 22.6. The number of nitrogens with one attached hydrogen (secondary N) is 1. The number of ketones is 1. The molecule has 0 saturated heterocycles. The van der Waals surface area contributed by atoms with Gasteiger partial charge in [0.1, 0.15) is 6.10 Å². The first-order valence-corrected chi connectivity index (χ1v) is 5.05. The van der Waals surface area contributed by atoms with Gasteiger partial charge in [-0.3, -0.25) is 4.79 Å². The van der Waals surface area contributed by atoms with Crippen LogP contribution in [-0.4, -0.2) is 29.6 Å². The number of rotatable bonds is 2. The molecule has 1 aromatic rings. The average molecular weight is 219 g/mol. The van der Waals surface area contributed by atoms with Crippen molar-refractivity contribution in [2.75, 3.05) is 13.6 Å². The van der Waals surface area contributed by atoms with Crippen LogP contribution in [0.25, 0.3) is 0 Å². The lowest BCUT2D eigenvalue weighted by Gasteiger charge is -2.23. The Labute approximate surface area is 93.2 Å². The van der Waals surface area contributed by atoms with Crippen molar-refractivity contribution in [3.8, 4) is 0 Å². The topological polar surface area (TPSA) is 69.6 Å². The van der Waals surface area contributed by atoms with Crippen molar-refractivity contribution in [2.24, 2.45) is 0 Å². The molecule has 0 saturated carbocycles. The number of likely N-dealkylation sites (N-methyl/N-ethyl adjacent to an activating group) is 1. The van der Waals surface area contributed by atoms with Crippen molar-refractivity contribution in [3.05, 3.63) is 46.7 Å². The molecule has 1 atom stereocenters. The van der Waals surface area contributed by atoms with Crippen LogP contribution in [0.1, 0.15) is 22.0 Å². The highest BCUT2D eigenvalue weighted by Gasteiger charge is 2.31. The first kappa shape index (κ1) is 10.9. The van der Waals surface area contributed by atoms with Crippen LogP contribution in [0.2, 0.25) is 0 Å². The van der Waals surface area contributed by atoms with Gasteiger partial charge in [-0.1, -0.05) is 24.3 Å². The second-order valence-corrected chi connectivity index (χ2v) is 3.72. The highest BCUT2D eigenvalue weighted by molar-refractivity contribution is 6.10. The molecular weight excluding hydrogens is 206 g/mol. The number of aliphatic hydroxyl groups is 2. The Bertz CT molecular complexity index is 465. The van der Waals surface area contributed by atoms with Crippen LogP contribution in [-0.2, 0) is 0 Å². The van der Waals surface area contributed by atoms with Crippen LogP contribution in [0.15, 0.2) is 35.6 Å². The highest BCUT2D eigenvalue weighted by atomic mass is 16.3. The van der Waals surface area contributed by atoms with Crippen LogP contribution in [0.5, 0.6) is 0 Å². The summed E-state index contributed by atoms with van der Waals surface area (Å²) in [6.45, 7) is 0.285. The minimum Gasteiger partial charge on any atom is -0.504 e. The summed E-state index contributed by atoms with van der Waals surface area (Å²) in [6.07, 6.45) is -0.915. The third-order valence-corrected chi connectivity index (χ3v) is 2.72. The second kappa shape index (κ2) is 4.08. The van der Waals surface area contributed by atoms with Crippen LogP contribution >= 0.6 is 0 Å². The van der Waals surface area contributed by atoms with E-state index in [-0.39, 0.29) is 12.3 Å². The van der Waals surface area contributed by atoms with E-state index in [9.17, 15) is 15.0 Å². The van der Waals surface area contributed by atoms with Gasteiger partial charge in [0.2, 0.25) is 5.78 Å². The predicted molar refractivity (Wildman–Crippen MR) is 59.3 cm³/mol. The first-order valence-electron chi connectivity index (χ1n) is 5.05. The van der Waals surface area contributed by atoms with E-state index in [1.165, 1.54) is 0 Å². The van der Waals surface area contributed by atoms with Gasteiger partial charge in [0.15, 0.2) is 5.76 Å². The SMILES string of the molecule is CNCC1=C(O)C(=O)c2ccccc2C1O. The van der Waals surface area contributed by atoms with Gasteiger partial charge in [-0.25, -0.2) is 0 Å². The number of aliphatic hydroxyl groups excluding tert-OH is 2. The molecule has 0 bridgehead atoms. The number of hydrogen-bond donors (Lipinski definition) is 3. The van der Waals surface area contributed by atoms with E-state index < -0.39 is 11.9 Å². The van der Waals surface area contributed by atoms with E-state index in [2.05, 4.69) is 5.32 Å². The maximum Gasteiger partial charge on any atom is 0.227 e. The molecule has 1 aliphatic rings. The van der Waals surface area contributed by atoms with Crippen LogP contribution < -0.4 is 5.32 Å². The standard InChI is InChI=1S/C12H13NO3/c1-13-6-9-10(14)7-4-2-3-5-8(7)11(15)12(9)16/h2-5,10,13-14,16H,6H2,1H3. The van der Waals surface area contributed by atoms with Crippen LogP contribution in [0.3, 0.4) is 0 Å². The molecule has 84 valence electrons. The molecule has 2 rings (SSSR count). The Balaban J connectivity index is 2.54. The zero-order valence-electron chi connectivity index (χ0n) is 8.90. The van der Waals surface area contributed by atoms with Gasteiger partial charge < -0.3 is 15.5 Å². The zero-order chi connectivity index (χ0) is 11.7. The Morgan fingerprint density at radius 2 is 2.06 bits per heavy atom. The number of benzene rings is 1. The molecular formula is C12H13NO3. The summed E-state index contributed by atoms with van der Waals surface area (Å²) in [6, 6.07) is 6.77. The predicted octanol–water partition coefficient (Wildman–Crippen LogP) is 0.948. The summed E-state index contributed by atoms with van der Waals surface area (Å²) >= 11 is 0. The Morgan fingerprint density at radius 1 is 1.38 bits per heavy atom. The van der Waals surface area contributed by atoms with Gasteiger partial charge in [-0.15, -0.1) is 0 Å². The smallest absolute Gasteiger partial charge is 0.227 e. The van der Waals surface area contributed by atoms with Gasteiger partial charge in [0.05, 0.1) is 0 Å². The fourth-order valence-electron chi connectivity index (χ4n) is 1.90. The molecule has 0 radical (unpaired) electrons. The minimum atomic E-state index is -0.915. The molecule has 1 aliphatic carbocycles. The van der Waals surface area contributed by atoms with E-state index in [1.54, 1.807) is 31.3 Å². The van der Waals surface area contributed by atoms with E-state index >= 15 is 0 Å². The zero-order valence-corrected chi connectivity index (χ0v) is 8.90. The second-order valence-electron chi connectivity index (χ2n) is 3.72. The van der Waals surface area contributed by atoms with E-state index in [4.69, 9.17) is 0 Å². The number of Topliss-reactive ketones (excluding diaryl/α,β-unsaturated/α-hetero) is 1. The quantitative estimate of drug-likeness (QED) is 0.692. The van der Waals surface area contributed by atoms with Crippen LogP contribution in [0.4, 0.5) is 0 Å². The lowest BCUT2D eigenvalue weighted by Crippen LogP contribution is -2.26. The number of fused-ring (bicyclic) bond motifs is 1. The maximum atomic E-state index is 11.8. The van der Waals surface area contributed by atoms with Crippen LogP contribution in [0, 0.1) is 0 Å². The van der Waals surface area contributed by atoms with Crippen molar-refractivity contribution < 1.29 is 15.0 Å². The lowest BCUT2D eigenvalue weighted by atomic mass is 9.87. The third-order valence-electron chi connectivity index (χ3n) is 2.72. The number of hydrogen-bond acceptors (Lipinski definition) is 4. The fraction of sp³-hybridized carbons (Fsp3) is 0.250. The van der Waals surface area contributed by atoms with E-state index in [0.29, 0.717) is 16.7 Å². The molecule has 4 nitrogen and oxygen atoms in total. The number of carbonyl (C=O) groups is 1. The van der Waals surface area contributed by atoms with Gasteiger partial charge >= 0.3 is 0 Å². The van der Waals surface area contributed by atoms with Crippen molar-refractivity contribution in [1.82, 2.24) is 5.32 Å². The van der Waals surface area contributed by atoms with Crippen molar-refractivity contribution in [1.29, 1.82) is 0 Å². The molecule has 0 spiro atoms. The Hall–Kier alpha value is -1.65.